The van der Waals surface area contributed by atoms with Gasteiger partial charge in [0.2, 0.25) is 0 Å². The van der Waals surface area contributed by atoms with Gasteiger partial charge in [0.15, 0.2) is 0 Å². The summed E-state index contributed by atoms with van der Waals surface area (Å²) in [6, 6.07) is 34.7. The molecule has 0 heterocycles. The quantitative estimate of drug-likeness (QED) is 0.354. The Bertz CT molecular complexity index is 1120. The molecule has 0 saturated heterocycles. The van der Waals surface area contributed by atoms with Gasteiger partial charge in [0.25, 0.3) is 0 Å². The molecule has 0 aromatic heterocycles. The Labute approximate surface area is 171 Å². The lowest BCUT2D eigenvalue weighted by atomic mass is 9.88. The number of ether oxygens (including phenoxy) is 1. The second-order valence-electron chi connectivity index (χ2n) is 6.76. The van der Waals surface area contributed by atoms with Gasteiger partial charge in [-0.2, -0.15) is 0 Å². The minimum absolute atomic E-state index is 0.300. The smallest absolute Gasteiger partial charge is 0.338 e. The number of esters is 1. The molecule has 0 aliphatic carbocycles. The maximum absolute atomic E-state index is 12.4. The highest BCUT2D eigenvalue weighted by Gasteiger charge is 2.16. The minimum atomic E-state index is -0.300. The zero-order valence-corrected chi connectivity index (χ0v) is 16.3. The summed E-state index contributed by atoms with van der Waals surface area (Å²) in [5.41, 5.74) is 7.13. The summed E-state index contributed by atoms with van der Waals surface area (Å²) in [6.45, 7) is 2.18. The van der Waals surface area contributed by atoms with E-state index in [0.717, 1.165) is 33.4 Å². The van der Waals surface area contributed by atoms with Crippen LogP contribution in [-0.4, -0.2) is 12.6 Å². The standard InChI is InChI=1S/C27H22O2/c1-2-29-27(28)22-17-18-24(21-13-7-4-8-14-21)26(19-22)25-16-10-9-15-23(25)20-11-5-3-6-12-20/h3-19H,2H2,1H3. The molecule has 0 N–H and O–H groups in total. The number of hydrogen-bond acceptors (Lipinski definition) is 2. The Balaban J connectivity index is 1.95. The van der Waals surface area contributed by atoms with E-state index in [4.69, 9.17) is 4.74 Å². The lowest BCUT2D eigenvalue weighted by Crippen LogP contribution is -2.05. The lowest BCUT2D eigenvalue weighted by molar-refractivity contribution is 0.0526. The first-order valence-electron chi connectivity index (χ1n) is 9.79. The molecule has 4 aromatic carbocycles. The van der Waals surface area contributed by atoms with Crippen molar-refractivity contribution in [3.8, 4) is 33.4 Å². The SMILES string of the molecule is CCOC(=O)c1ccc(-c2ccccc2)c(-c2ccccc2-c2ccccc2)c1. The Morgan fingerprint density at radius 3 is 1.72 bits per heavy atom. The molecule has 0 bridgehead atoms. The summed E-state index contributed by atoms with van der Waals surface area (Å²) in [5.74, 6) is -0.300. The second kappa shape index (κ2) is 8.57. The van der Waals surface area contributed by atoms with Gasteiger partial charge in [-0.3, -0.25) is 0 Å². The van der Waals surface area contributed by atoms with E-state index in [1.807, 2.05) is 73.7 Å². The first-order valence-corrected chi connectivity index (χ1v) is 9.79. The molecule has 0 amide bonds. The molecule has 0 atom stereocenters. The van der Waals surface area contributed by atoms with Gasteiger partial charge in [0.1, 0.15) is 0 Å². The van der Waals surface area contributed by atoms with E-state index >= 15 is 0 Å². The van der Waals surface area contributed by atoms with Crippen LogP contribution < -0.4 is 0 Å². The molecule has 2 heteroatoms. The number of carbonyl (C=O) groups excluding carboxylic acids is 1. The van der Waals surface area contributed by atoms with Crippen molar-refractivity contribution in [3.63, 3.8) is 0 Å². The second-order valence-corrected chi connectivity index (χ2v) is 6.76. The highest BCUT2D eigenvalue weighted by atomic mass is 16.5. The largest absolute Gasteiger partial charge is 0.462 e. The molecule has 4 aromatic rings. The van der Waals surface area contributed by atoms with Crippen LogP contribution in [0.2, 0.25) is 0 Å². The van der Waals surface area contributed by atoms with Gasteiger partial charge in [-0.1, -0.05) is 91.0 Å². The fourth-order valence-corrected chi connectivity index (χ4v) is 3.57. The van der Waals surface area contributed by atoms with E-state index in [1.165, 1.54) is 0 Å². The zero-order chi connectivity index (χ0) is 20.1. The van der Waals surface area contributed by atoms with Crippen LogP contribution in [0.4, 0.5) is 0 Å². The van der Waals surface area contributed by atoms with Crippen molar-refractivity contribution in [3.05, 3.63) is 109 Å². The van der Waals surface area contributed by atoms with Gasteiger partial charge < -0.3 is 4.74 Å². The van der Waals surface area contributed by atoms with Crippen molar-refractivity contribution in [1.29, 1.82) is 0 Å². The topological polar surface area (TPSA) is 26.3 Å². The van der Waals surface area contributed by atoms with Gasteiger partial charge in [0.05, 0.1) is 12.2 Å². The third-order valence-corrected chi connectivity index (χ3v) is 4.92. The maximum Gasteiger partial charge on any atom is 0.338 e. The Hall–Kier alpha value is -3.65. The van der Waals surface area contributed by atoms with Gasteiger partial charge in [-0.25, -0.2) is 4.79 Å². The number of hydrogen-bond donors (Lipinski definition) is 0. The first kappa shape index (κ1) is 18.7. The molecule has 0 saturated carbocycles. The van der Waals surface area contributed by atoms with Crippen molar-refractivity contribution >= 4 is 5.97 Å². The number of carbonyl (C=O) groups is 1. The van der Waals surface area contributed by atoms with Crippen LogP contribution in [0.25, 0.3) is 33.4 Å². The van der Waals surface area contributed by atoms with Crippen LogP contribution in [0.5, 0.6) is 0 Å². The summed E-state index contributed by atoms with van der Waals surface area (Å²) in [7, 11) is 0. The highest BCUT2D eigenvalue weighted by molar-refractivity contribution is 5.97. The predicted octanol–water partition coefficient (Wildman–Crippen LogP) is 6.86. The van der Waals surface area contributed by atoms with E-state index in [-0.39, 0.29) is 5.97 Å². The van der Waals surface area contributed by atoms with Gasteiger partial charge in [-0.05, 0) is 52.4 Å². The molecular formula is C27H22O2. The fraction of sp³-hybridized carbons (Fsp3) is 0.0741. The minimum Gasteiger partial charge on any atom is -0.462 e. The van der Waals surface area contributed by atoms with E-state index < -0.39 is 0 Å². The monoisotopic (exact) mass is 378 g/mol. The fourth-order valence-electron chi connectivity index (χ4n) is 3.57. The van der Waals surface area contributed by atoms with Crippen LogP contribution in [0.3, 0.4) is 0 Å². The summed E-state index contributed by atoms with van der Waals surface area (Å²) >= 11 is 0. The average molecular weight is 378 g/mol. The molecule has 0 radical (unpaired) electrons. The third kappa shape index (κ3) is 3.97. The lowest BCUT2D eigenvalue weighted by Gasteiger charge is -2.16. The zero-order valence-electron chi connectivity index (χ0n) is 16.3. The van der Waals surface area contributed by atoms with Crippen molar-refractivity contribution in [2.75, 3.05) is 6.61 Å². The van der Waals surface area contributed by atoms with E-state index in [1.54, 1.807) is 0 Å². The predicted molar refractivity (Wildman–Crippen MR) is 119 cm³/mol. The first-order chi connectivity index (χ1) is 14.3. The summed E-state index contributed by atoms with van der Waals surface area (Å²) in [6.07, 6.45) is 0. The van der Waals surface area contributed by atoms with Crippen LogP contribution in [0.15, 0.2) is 103 Å². The van der Waals surface area contributed by atoms with Crippen molar-refractivity contribution in [2.24, 2.45) is 0 Å². The Kier molecular flexibility index (Phi) is 5.53. The number of benzene rings is 4. The van der Waals surface area contributed by atoms with Gasteiger partial charge in [-0.15, -0.1) is 0 Å². The van der Waals surface area contributed by atoms with Crippen molar-refractivity contribution < 1.29 is 9.53 Å². The van der Waals surface area contributed by atoms with E-state index in [0.29, 0.717) is 12.2 Å². The molecular weight excluding hydrogens is 356 g/mol. The molecule has 0 aliphatic rings. The molecule has 29 heavy (non-hydrogen) atoms. The van der Waals surface area contributed by atoms with E-state index in [2.05, 4.69) is 36.4 Å². The highest BCUT2D eigenvalue weighted by Crippen LogP contribution is 2.38. The molecule has 0 fully saturated rings. The van der Waals surface area contributed by atoms with Crippen molar-refractivity contribution in [2.45, 2.75) is 6.92 Å². The molecule has 142 valence electrons. The molecule has 2 nitrogen and oxygen atoms in total. The Morgan fingerprint density at radius 1 is 0.621 bits per heavy atom. The van der Waals surface area contributed by atoms with Crippen LogP contribution >= 0.6 is 0 Å². The number of rotatable bonds is 5. The summed E-state index contributed by atoms with van der Waals surface area (Å²) in [4.78, 5) is 12.4. The molecule has 0 spiro atoms. The van der Waals surface area contributed by atoms with Crippen LogP contribution in [-0.2, 0) is 4.74 Å². The normalized spacial score (nSPS) is 10.5. The van der Waals surface area contributed by atoms with Gasteiger partial charge >= 0.3 is 5.97 Å². The van der Waals surface area contributed by atoms with Gasteiger partial charge in [0, 0.05) is 0 Å². The van der Waals surface area contributed by atoms with Crippen molar-refractivity contribution in [1.82, 2.24) is 0 Å². The molecule has 0 aliphatic heterocycles. The average Bonchev–Trinajstić information content (AvgIpc) is 2.80. The Morgan fingerprint density at radius 2 is 1.14 bits per heavy atom. The summed E-state index contributed by atoms with van der Waals surface area (Å²) < 4.78 is 5.24. The maximum atomic E-state index is 12.4. The molecule has 0 unspecified atom stereocenters. The van der Waals surface area contributed by atoms with Crippen LogP contribution in [0, 0.1) is 0 Å². The summed E-state index contributed by atoms with van der Waals surface area (Å²) in [5, 5.41) is 0. The van der Waals surface area contributed by atoms with Crippen LogP contribution in [0.1, 0.15) is 17.3 Å². The third-order valence-electron chi connectivity index (χ3n) is 4.92. The van der Waals surface area contributed by atoms with E-state index in [9.17, 15) is 4.79 Å². The molecule has 4 rings (SSSR count).